The zero-order chi connectivity index (χ0) is 17.3. The maximum absolute atomic E-state index is 12.7. The summed E-state index contributed by atoms with van der Waals surface area (Å²) in [5.41, 5.74) is 2.89. The minimum absolute atomic E-state index is 0.0817. The average molecular weight is 318 g/mol. The summed E-state index contributed by atoms with van der Waals surface area (Å²) in [7, 11) is 0. The van der Waals surface area contributed by atoms with E-state index in [9.17, 15) is 9.59 Å². The van der Waals surface area contributed by atoms with Crippen LogP contribution in [0.15, 0.2) is 47.5 Å². The second kappa shape index (κ2) is 5.97. The molecule has 0 radical (unpaired) electrons. The number of carbonyl (C=O) groups is 1. The van der Waals surface area contributed by atoms with Gasteiger partial charge < -0.3 is 0 Å². The highest BCUT2D eigenvalue weighted by Gasteiger charge is 2.13. The first kappa shape index (κ1) is 15.4. The molecule has 2 heterocycles. The van der Waals surface area contributed by atoms with Crippen molar-refractivity contribution >= 4 is 5.78 Å². The van der Waals surface area contributed by atoms with Crippen LogP contribution in [0.1, 0.15) is 28.4 Å². The van der Waals surface area contributed by atoms with Crippen LogP contribution < -0.4 is 5.56 Å². The van der Waals surface area contributed by atoms with Crippen molar-refractivity contribution < 1.29 is 4.79 Å². The Bertz CT molecular complexity index is 1020. The molecule has 3 aromatic rings. The molecule has 6 heteroatoms. The molecule has 0 bridgehead atoms. The van der Waals surface area contributed by atoms with Crippen molar-refractivity contribution in [1.29, 1.82) is 5.26 Å². The number of hydrogen-bond donors (Lipinski definition) is 1. The van der Waals surface area contributed by atoms with Crippen molar-refractivity contribution in [3.05, 3.63) is 69.8 Å². The second-order valence-corrected chi connectivity index (χ2v) is 5.43. The van der Waals surface area contributed by atoms with Crippen molar-refractivity contribution in [2.45, 2.75) is 13.8 Å². The molecule has 6 nitrogen and oxygen atoms in total. The van der Waals surface area contributed by atoms with E-state index in [-0.39, 0.29) is 11.3 Å². The maximum Gasteiger partial charge on any atom is 0.280 e. The topological polar surface area (TPSA) is 91.5 Å². The van der Waals surface area contributed by atoms with Crippen molar-refractivity contribution in [1.82, 2.24) is 14.8 Å². The van der Waals surface area contributed by atoms with Crippen LogP contribution in [0, 0.1) is 18.3 Å². The lowest BCUT2D eigenvalue weighted by Gasteiger charge is -2.03. The molecular weight excluding hydrogens is 304 g/mol. The number of aromatic amines is 1. The molecule has 0 atom stereocenters. The molecule has 0 saturated carbocycles. The predicted octanol–water partition coefficient (Wildman–Crippen LogP) is 2.61. The van der Waals surface area contributed by atoms with Gasteiger partial charge in [-0.15, -0.1) is 0 Å². The number of nitriles is 1. The molecule has 0 fully saturated rings. The third-order valence-corrected chi connectivity index (χ3v) is 3.80. The van der Waals surface area contributed by atoms with Gasteiger partial charge >= 0.3 is 0 Å². The number of nitrogens with zero attached hydrogens (tertiary/aromatic N) is 3. The predicted molar refractivity (Wildman–Crippen MR) is 89.1 cm³/mol. The van der Waals surface area contributed by atoms with Crippen LogP contribution in [0.25, 0.3) is 16.9 Å². The number of ketones is 1. The average Bonchev–Trinajstić information content (AvgIpc) is 2.96. The Morgan fingerprint density at radius 1 is 1.25 bits per heavy atom. The monoisotopic (exact) mass is 318 g/mol. The first-order valence-corrected chi connectivity index (χ1v) is 7.30. The van der Waals surface area contributed by atoms with Crippen LogP contribution in [0.2, 0.25) is 0 Å². The van der Waals surface area contributed by atoms with E-state index in [1.54, 1.807) is 36.5 Å². The minimum Gasteiger partial charge on any atom is -0.296 e. The third-order valence-electron chi connectivity index (χ3n) is 3.80. The van der Waals surface area contributed by atoms with Gasteiger partial charge in [-0.25, -0.2) is 9.67 Å². The van der Waals surface area contributed by atoms with Crippen LogP contribution in [0.4, 0.5) is 0 Å². The molecule has 118 valence electrons. The highest BCUT2D eigenvalue weighted by atomic mass is 16.1. The Balaban J connectivity index is 2.05. The van der Waals surface area contributed by atoms with Crippen LogP contribution in [-0.4, -0.2) is 20.5 Å². The fourth-order valence-electron chi connectivity index (χ4n) is 2.50. The van der Waals surface area contributed by atoms with Crippen molar-refractivity contribution in [3.63, 3.8) is 0 Å². The number of pyridine rings is 1. The number of nitrogens with one attached hydrogen (secondary N) is 1. The van der Waals surface area contributed by atoms with Gasteiger partial charge in [-0.2, -0.15) is 5.26 Å². The number of benzene rings is 1. The van der Waals surface area contributed by atoms with Gasteiger partial charge in [-0.1, -0.05) is 6.07 Å². The van der Waals surface area contributed by atoms with Crippen LogP contribution in [0.5, 0.6) is 0 Å². The Kier molecular flexibility index (Phi) is 3.84. The van der Waals surface area contributed by atoms with Gasteiger partial charge in [0.1, 0.15) is 0 Å². The van der Waals surface area contributed by atoms with Crippen LogP contribution in [-0.2, 0) is 0 Å². The molecule has 24 heavy (non-hydrogen) atoms. The first-order valence-electron chi connectivity index (χ1n) is 7.30. The number of hydrogen-bond acceptors (Lipinski definition) is 4. The van der Waals surface area contributed by atoms with Gasteiger partial charge in [-0.05, 0) is 49.2 Å². The molecule has 2 aromatic heterocycles. The summed E-state index contributed by atoms with van der Waals surface area (Å²) in [6.45, 7) is 3.32. The van der Waals surface area contributed by atoms with Crippen molar-refractivity contribution in [3.8, 4) is 23.0 Å². The molecular formula is C18H14N4O2. The molecule has 0 spiro atoms. The maximum atomic E-state index is 12.7. The molecule has 1 N–H and O–H groups in total. The smallest absolute Gasteiger partial charge is 0.280 e. The number of aromatic nitrogens is 3. The van der Waals surface area contributed by atoms with E-state index >= 15 is 0 Å². The highest BCUT2D eigenvalue weighted by molar-refractivity contribution is 5.93. The summed E-state index contributed by atoms with van der Waals surface area (Å²) in [4.78, 5) is 28.1. The van der Waals surface area contributed by atoms with E-state index < -0.39 is 0 Å². The number of rotatable bonds is 3. The highest BCUT2D eigenvalue weighted by Crippen LogP contribution is 2.21. The van der Waals surface area contributed by atoms with Gasteiger partial charge in [0.15, 0.2) is 11.6 Å². The molecule has 3 rings (SSSR count). The molecule has 0 aliphatic carbocycles. The number of aryl methyl sites for hydroxylation is 1. The lowest BCUT2D eigenvalue weighted by Crippen LogP contribution is -2.17. The Morgan fingerprint density at radius 2 is 2.04 bits per heavy atom. The Hall–Kier alpha value is -3.46. The molecule has 0 aliphatic heterocycles. The molecule has 0 aliphatic rings. The summed E-state index contributed by atoms with van der Waals surface area (Å²) < 4.78 is 1.32. The molecule has 0 unspecified atom stereocenters. The standard InChI is InChI=1S/C18H14N4O2/c1-11-7-13(8-19)3-5-15(11)16-10-21-22(18(16)24)17-6-4-14(9-20-17)12(2)23/h3-7,9-10,21H,1-2H3. The Labute approximate surface area is 138 Å². The second-order valence-electron chi connectivity index (χ2n) is 5.43. The van der Waals surface area contributed by atoms with Crippen molar-refractivity contribution in [2.75, 3.05) is 0 Å². The fourth-order valence-corrected chi connectivity index (χ4v) is 2.50. The lowest BCUT2D eigenvalue weighted by atomic mass is 10.0. The van der Waals surface area contributed by atoms with Crippen LogP contribution >= 0.6 is 0 Å². The van der Waals surface area contributed by atoms with E-state index in [1.165, 1.54) is 17.8 Å². The zero-order valence-electron chi connectivity index (χ0n) is 13.2. The van der Waals surface area contributed by atoms with E-state index in [4.69, 9.17) is 5.26 Å². The Morgan fingerprint density at radius 3 is 2.62 bits per heavy atom. The first-order chi connectivity index (χ1) is 11.5. The SMILES string of the molecule is CC(=O)c1ccc(-n2[nH]cc(-c3ccc(C#N)cc3C)c2=O)nc1. The van der Waals surface area contributed by atoms with Gasteiger partial charge in [0, 0.05) is 18.0 Å². The van der Waals surface area contributed by atoms with E-state index in [0.717, 1.165) is 11.1 Å². The fraction of sp³-hybridized carbons (Fsp3) is 0.111. The molecule has 1 aromatic carbocycles. The zero-order valence-corrected chi connectivity index (χ0v) is 13.2. The number of H-pyrrole nitrogens is 1. The summed E-state index contributed by atoms with van der Waals surface area (Å²) in [5.74, 6) is 0.323. The number of carbonyl (C=O) groups excluding carboxylic acids is 1. The summed E-state index contributed by atoms with van der Waals surface area (Å²) in [6.07, 6.45) is 3.05. The summed E-state index contributed by atoms with van der Waals surface area (Å²) in [6, 6.07) is 10.5. The largest absolute Gasteiger partial charge is 0.296 e. The van der Waals surface area contributed by atoms with Gasteiger partial charge in [0.25, 0.3) is 5.56 Å². The van der Waals surface area contributed by atoms with E-state index in [1.807, 2.05) is 6.92 Å². The van der Waals surface area contributed by atoms with Gasteiger partial charge in [0.2, 0.25) is 0 Å². The molecule has 0 saturated heterocycles. The van der Waals surface area contributed by atoms with Gasteiger partial charge in [-0.3, -0.25) is 14.7 Å². The minimum atomic E-state index is -0.245. The van der Waals surface area contributed by atoms with E-state index in [2.05, 4.69) is 16.2 Å². The van der Waals surface area contributed by atoms with Gasteiger partial charge in [0.05, 0.1) is 17.2 Å². The molecule has 0 amide bonds. The van der Waals surface area contributed by atoms with Crippen LogP contribution in [0.3, 0.4) is 0 Å². The van der Waals surface area contributed by atoms with Crippen molar-refractivity contribution in [2.24, 2.45) is 0 Å². The number of Topliss-reactive ketones (excluding diaryl/α,β-unsaturated/α-hetero) is 1. The third kappa shape index (κ3) is 2.63. The summed E-state index contributed by atoms with van der Waals surface area (Å²) >= 11 is 0. The quantitative estimate of drug-likeness (QED) is 0.751. The van der Waals surface area contributed by atoms with E-state index in [0.29, 0.717) is 22.5 Å². The summed E-state index contributed by atoms with van der Waals surface area (Å²) in [5, 5.41) is 11.8. The lowest BCUT2D eigenvalue weighted by molar-refractivity contribution is 0.101. The normalized spacial score (nSPS) is 10.4.